The molecule has 0 radical (unpaired) electrons. The van der Waals surface area contributed by atoms with Gasteiger partial charge in [0.25, 0.3) is 0 Å². The first-order valence-corrected chi connectivity index (χ1v) is 8.82. The summed E-state index contributed by atoms with van der Waals surface area (Å²) in [6, 6.07) is 6.71. The van der Waals surface area contributed by atoms with Crippen LogP contribution in [-0.4, -0.2) is 16.8 Å². The molecular formula is C20H24O2S. The molecule has 122 valence electrons. The van der Waals surface area contributed by atoms with Gasteiger partial charge in [-0.2, -0.15) is 0 Å². The number of rotatable bonds is 4. The van der Waals surface area contributed by atoms with Gasteiger partial charge in [0.2, 0.25) is 0 Å². The van der Waals surface area contributed by atoms with Crippen molar-refractivity contribution in [1.29, 1.82) is 0 Å². The predicted octanol–water partition coefficient (Wildman–Crippen LogP) is 5.45. The average Bonchev–Trinajstić information content (AvgIpc) is 2.45. The molecule has 1 heterocycles. The molecule has 0 aromatic heterocycles. The zero-order chi connectivity index (χ0) is 17.0. The summed E-state index contributed by atoms with van der Waals surface area (Å²) in [4.78, 5) is 12.0. The number of allylic oxidation sites excluding steroid dienone is 5. The molecule has 1 aromatic carbocycles. The monoisotopic (exact) mass is 328 g/mol. The molecule has 0 amide bonds. The van der Waals surface area contributed by atoms with Crippen molar-refractivity contribution in [3.63, 3.8) is 0 Å². The number of hydrogen-bond donors (Lipinski definition) is 1. The first-order chi connectivity index (χ1) is 10.8. The summed E-state index contributed by atoms with van der Waals surface area (Å²) in [5, 5.41) is 8.70. The molecular weight excluding hydrogens is 304 g/mol. The highest BCUT2D eigenvalue weighted by Crippen LogP contribution is 2.42. The lowest BCUT2D eigenvalue weighted by Crippen LogP contribution is -2.22. The summed E-state index contributed by atoms with van der Waals surface area (Å²) in [7, 11) is 0. The first-order valence-electron chi connectivity index (χ1n) is 7.83. The SMILES string of the molecule is CC(C=CC=C(C)c1ccc2c(c1)C(C)(C)CCS2)=CC(=O)O. The van der Waals surface area contributed by atoms with E-state index in [1.807, 2.05) is 30.0 Å². The Morgan fingerprint density at radius 3 is 2.74 bits per heavy atom. The van der Waals surface area contributed by atoms with E-state index in [0.717, 1.165) is 5.57 Å². The van der Waals surface area contributed by atoms with E-state index in [1.54, 1.807) is 6.92 Å². The molecule has 1 N–H and O–H groups in total. The van der Waals surface area contributed by atoms with Gasteiger partial charge < -0.3 is 5.11 Å². The molecule has 23 heavy (non-hydrogen) atoms. The van der Waals surface area contributed by atoms with Crippen LogP contribution in [-0.2, 0) is 10.2 Å². The molecule has 1 aromatic rings. The van der Waals surface area contributed by atoms with E-state index in [-0.39, 0.29) is 5.41 Å². The maximum Gasteiger partial charge on any atom is 0.328 e. The van der Waals surface area contributed by atoms with Crippen molar-refractivity contribution in [2.45, 2.75) is 44.4 Å². The van der Waals surface area contributed by atoms with E-state index in [9.17, 15) is 4.79 Å². The Balaban J connectivity index is 2.23. The number of hydrogen-bond acceptors (Lipinski definition) is 2. The summed E-state index contributed by atoms with van der Waals surface area (Å²) in [5.41, 5.74) is 4.80. The fourth-order valence-corrected chi connectivity index (χ4v) is 4.15. The minimum Gasteiger partial charge on any atom is -0.478 e. The number of carbonyl (C=O) groups is 1. The maximum atomic E-state index is 10.6. The molecule has 0 saturated carbocycles. The van der Waals surface area contributed by atoms with Crippen molar-refractivity contribution in [1.82, 2.24) is 0 Å². The van der Waals surface area contributed by atoms with Crippen molar-refractivity contribution in [2.24, 2.45) is 0 Å². The van der Waals surface area contributed by atoms with Crippen LogP contribution in [0.15, 0.2) is 53.0 Å². The molecule has 0 fully saturated rings. The van der Waals surface area contributed by atoms with Gasteiger partial charge in [0.15, 0.2) is 0 Å². The highest BCUT2D eigenvalue weighted by atomic mass is 32.2. The van der Waals surface area contributed by atoms with Crippen molar-refractivity contribution < 1.29 is 9.90 Å². The highest BCUT2D eigenvalue weighted by molar-refractivity contribution is 7.99. The lowest BCUT2D eigenvalue weighted by atomic mass is 9.80. The van der Waals surface area contributed by atoms with Gasteiger partial charge in [0.05, 0.1) is 0 Å². The zero-order valence-electron chi connectivity index (χ0n) is 14.2. The molecule has 2 nitrogen and oxygen atoms in total. The number of carboxylic acid groups (broad SMARTS) is 1. The standard InChI is InChI=1S/C20H24O2S/c1-14(12-19(21)22)6-5-7-15(2)16-8-9-18-17(13-16)20(3,4)10-11-23-18/h5-9,12-13H,10-11H2,1-4H3,(H,21,22). The second kappa shape index (κ2) is 7.22. The zero-order valence-corrected chi connectivity index (χ0v) is 15.0. The third-order valence-electron chi connectivity index (χ3n) is 4.21. The van der Waals surface area contributed by atoms with Gasteiger partial charge in [-0.15, -0.1) is 11.8 Å². The Morgan fingerprint density at radius 1 is 1.30 bits per heavy atom. The van der Waals surface area contributed by atoms with E-state index in [1.165, 1.54) is 39.8 Å². The highest BCUT2D eigenvalue weighted by Gasteiger charge is 2.27. The molecule has 0 saturated heterocycles. The van der Waals surface area contributed by atoms with Crippen LogP contribution in [0.4, 0.5) is 0 Å². The molecule has 1 aliphatic rings. The minimum absolute atomic E-state index is 0.230. The molecule has 3 heteroatoms. The van der Waals surface area contributed by atoms with Crippen LogP contribution in [0, 0.1) is 0 Å². The Morgan fingerprint density at radius 2 is 2.04 bits per heavy atom. The molecule has 0 atom stereocenters. The third kappa shape index (κ3) is 4.61. The van der Waals surface area contributed by atoms with Crippen LogP contribution < -0.4 is 0 Å². The molecule has 0 unspecified atom stereocenters. The third-order valence-corrected chi connectivity index (χ3v) is 5.28. The van der Waals surface area contributed by atoms with Gasteiger partial charge in [0, 0.05) is 11.0 Å². The topological polar surface area (TPSA) is 37.3 Å². The minimum atomic E-state index is -0.915. The molecule has 1 aliphatic heterocycles. The molecule has 2 rings (SSSR count). The van der Waals surface area contributed by atoms with Crippen LogP contribution in [0.5, 0.6) is 0 Å². The van der Waals surface area contributed by atoms with Crippen LogP contribution in [0.2, 0.25) is 0 Å². The normalized spacial score (nSPS) is 18.1. The van der Waals surface area contributed by atoms with Crippen LogP contribution in [0.1, 0.15) is 45.2 Å². The van der Waals surface area contributed by atoms with E-state index in [0.29, 0.717) is 0 Å². The van der Waals surface area contributed by atoms with E-state index in [2.05, 4.69) is 39.0 Å². The first kappa shape index (κ1) is 17.6. The summed E-state index contributed by atoms with van der Waals surface area (Å²) < 4.78 is 0. The number of benzene rings is 1. The molecule has 0 bridgehead atoms. The van der Waals surface area contributed by atoms with Crippen molar-refractivity contribution in [2.75, 3.05) is 5.75 Å². The molecule has 0 spiro atoms. The summed E-state index contributed by atoms with van der Waals surface area (Å²) in [6.45, 7) is 8.50. The van der Waals surface area contributed by atoms with E-state index in [4.69, 9.17) is 5.11 Å². The van der Waals surface area contributed by atoms with Gasteiger partial charge in [-0.1, -0.05) is 38.1 Å². The van der Waals surface area contributed by atoms with Crippen molar-refractivity contribution >= 4 is 23.3 Å². The van der Waals surface area contributed by atoms with Gasteiger partial charge in [-0.3, -0.25) is 0 Å². The summed E-state index contributed by atoms with van der Waals surface area (Å²) in [6.07, 6.45) is 8.16. The maximum absolute atomic E-state index is 10.6. The Kier molecular flexibility index (Phi) is 5.53. The van der Waals surface area contributed by atoms with Gasteiger partial charge in [-0.25, -0.2) is 4.79 Å². The largest absolute Gasteiger partial charge is 0.478 e. The van der Waals surface area contributed by atoms with E-state index >= 15 is 0 Å². The average molecular weight is 328 g/mol. The van der Waals surface area contributed by atoms with Crippen LogP contribution >= 0.6 is 11.8 Å². The van der Waals surface area contributed by atoms with Gasteiger partial charge >= 0.3 is 5.97 Å². The number of aliphatic carboxylic acids is 1. The smallest absolute Gasteiger partial charge is 0.328 e. The summed E-state index contributed by atoms with van der Waals surface area (Å²) in [5.74, 6) is 0.272. The Bertz CT molecular complexity index is 694. The van der Waals surface area contributed by atoms with Crippen molar-refractivity contribution in [3.05, 3.63) is 59.2 Å². The predicted molar refractivity (Wildman–Crippen MR) is 99.0 cm³/mol. The second-order valence-corrected chi connectivity index (χ2v) is 7.77. The molecule has 0 aliphatic carbocycles. The van der Waals surface area contributed by atoms with Gasteiger partial charge in [0.1, 0.15) is 0 Å². The van der Waals surface area contributed by atoms with E-state index < -0.39 is 5.97 Å². The fourth-order valence-electron chi connectivity index (χ4n) is 2.66. The van der Waals surface area contributed by atoms with Crippen LogP contribution in [0.3, 0.4) is 0 Å². The second-order valence-electron chi connectivity index (χ2n) is 6.63. The van der Waals surface area contributed by atoms with Crippen molar-refractivity contribution in [3.8, 4) is 0 Å². The number of fused-ring (bicyclic) bond motifs is 1. The number of carboxylic acids is 1. The number of thioether (sulfide) groups is 1. The van der Waals surface area contributed by atoms with Crippen LogP contribution in [0.25, 0.3) is 5.57 Å². The lowest BCUT2D eigenvalue weighted by Gasteiger charge is -2.32. The van der Waals surface area contributed by atoms with Gasteiger partial charge in [-0.05, 0) is 65.8 Å². The fraction of sp³-hybridized carbons (Fsp3) is 0.350. The lowest BCUT2D eigenvalue weighted by molar-refractivity contribution is -0.131. The summed E-state index contributed by atoms with van der Waals surface area (Å²) >= 11 is 1.94. The Hall–Kier alpha value is -1.74. The quantitative estimate of drug-likeness (QED) is 0.590. The Labute approximate surface area is 143 Å².